The summed E-state index contributed by atoms with van der Waals surface area (Å²) in [7, 11) is -3.49. The van der Waals surface area contributed by atoms with Gasteiger partial charge in [0.15, 0.2) is 0 Å². The van der Waals surface area contributed by atoms with E-state index in [1.165, 1.54) is 4.90 Å². The lowest BCUT2D eigenvalue weighted by Crippen LogP contribution is -2.37. The number of rotatable bonds is 4. The minimum atomic E-state index is -3.49. The fourth-order valence-electron chi connectivity index (χ4n) is 2.34. The highest BCUT2D eigenvalue weighted by molar-refractivity contribution is 7.85. The van der Waals surface area contributed by atoms with Gasteiger partial charge in [-0.3, -0.25) is 9.17 Å². The van der Waals surface area contributed by atoms with Crippen molar-refractivity contribution in [3.8, 4) is 0 Å². The molecule has 2 rings (SSSR count). The molecule has 1 aromatic rings. The van der Waals surface area contributed by atoms with E-state index in [1.54, 1.807) is 6.07 Å². The van der Waals surface area contributed by atoms with Crippen molar-refractivity contribution in [2.75, 3.05) is 19.3 Å². The lowest BCUT2D eigenvalue weighted by atomic mass is 9.93. The number of amides is 1. The van der Waals surface area contributed by atoms with Gasteiger partial charge >= 0.3 is 6.09 Å². The summed E-state index contributed by atoms with van der Waals surface area (Å²) in [4.78, 5) is 16.7. The zero-order chi connectivity index (χ0) is 15.5. The zero-order valence-corrected chi connectivity index (χ0v) is 12.5. The number of nitrogens with zero attached hydrogens (tertiary/aromatic N) is 2. The van der Waals surface area contributed by atoms with E-state index in [9.17, 15) is 13.2 Å². The lowest BCUT2D eigenvalue weighted by molar-refractivity contribution is 0.131. The lowest BCUT2D eigenvalue weighted by Gasteiger charge is -2.29. The van der Waals surface area contributed by atoms with Gasteiger partial charge < -0.3 is 10.0 Å². The summed E-state index contributed by atoms with van der Waals surface area (Å²) in [5, 5.41) is 8.92. The van der Waals surface area contributed by atoms with Gasteiger partial charge in [-0.25, -0.2) is 4.79 Å². The Labute approximate surface area is 123 Å². The maximum atomic E-state index is 11.0. The summed E-state index contributed by atoms with van der Waals surface area (Å²) >= 11 is 0. The number of likely N-dealkylation sites (tertiary alicyclic amines) is 1. The smallest absolute Gasteiger partial charge is 0.407 e. The topological polar surface area (TPSA) is 96.8 Å². The zero-order valence-electron chi connectivity index (χ0n) is 11.7. The molecule has 8 heteroatoms. The third-order valence-corrected chi connectivity index (χ3v) is 3.98. The Hall–Kier alpha value is -1.67. The van der Waals surface area contributed by atoms with Gasteiger partial charge in [0, 0.05) is 24.7 Å². The van der Waals surface area contributed by atoms with Crippen LogP contribution in [0.5, 0.6) is 0 Å². The molecular formula is C13H18N2O5S. The SMILES string of the molecule is CS(=O)(=O)OCc1cccc(C2CCN(C(=O)O)CC2)n1. The third kappa shape index (κ3) is 4.68. The van der Waals surface area contributed by atoms with Gasteiger partial charge in [0.05, 0.1) is 11.9 Å². The van der Waals surface area contributed by atoms with Gasteiger partial charge in [-0.05, 0) is 25.0 Å². The standard InChI is InChI=1S/C13H18N2O5S/c1-21(18,19)20-9-11-3-2-4-12(14-11)10-5-7-15(8-6-10)13(16)17/h2-4,10H,5-9H2,1H3,(H,16,17). The van der Waals surface area contributed by atoms with Crippen molar-refractivity contribution in [3.05, 3.63) is 29.6 Å². The normalized spacial score (nSPS) is 16.9. The third-order valence-electron chi connectivity index (χ3n) is 3.43. The summed E-state index contributed by atoms with van der Waals surface area (Å²) in [5.41, 5.74) is 1.41. The first kappa shape index (κ1) is 15.7. The largest absolute Gasteiger partial charge is 0.465 e. The number of carboxylic acid groups (broad SMARTS) is 1. The molecule has 2 heterocycles. The molecule has 0 radical (unpaired) electrons. The molecule has 1 N–H and O–H groups in total. The van der Waals surface area contributed by atoms with Crippen LogP contribution in [-0.4, -0.2) is 48.8 Å². The van der Waals surface area contributed by atoms with E-state index in [4.69, 9.17) is 9.29 Å². The van der Waals surface area contributed by atoms with E-state index in [0.717, 1.165) is 24.8 Å². The fraction of sp³-hybridized carbons (Fsp3) is 0.538. The molecule has 0 aliphatic carbocycles. The van der Waals surface area contributed by atoms with Crippen molar-refractivity contribution < 1.29 is 22.5 Å². The average Bonchev–Trinajstić information content (AvgIpc) is 2.45. The molecule has 1 saturated heterocycles. The highest BCUT2D eigenvalue weighted by Gasteiger charge is 2.24. The maximum absolute atomic E-state index is 11.0. The molecule has 1 aliphatic heterocycles. The van der Waals surface area contributed by atoms with Crippen LogP contribution in [-0.2, 0) is 20.9 Å². The first-order valence-corrected chi connectivity index (χ1v) is 8.45. The van der Waals surface area contributed by atoms with Crippen molar-refractivity contribution in [1.82, 2.24) is 9.88 Å². The Morgan fingerprint density at radius 1 is 1.43 bits per heavy atom. The molecule has 0 bridgehead atoms. The predicted octanol–water partition coefficient (Wildman–Crippen LogP) is 1.42. The number of carbonyl (C=O) groups is 1. The molecule has 1 aromatic heterocycles. The van der Waals surface area contributed by atoms with Gasteiger partial charge in [0.25, 0.3) is 10.1 Å². The predicted molar refractivity (Wildman–Crippen MR) is 75.4 cm³/mol. The van der Waals surface area contributed by atoms with Crippen LogP contribution in [0.15, 0.2) is 18.2 Å². The van der Waals surface area contributed by atoms with E-state index < -0.39 is 16.2 Å². The van der Waals surface area contributed by atoms with Gasteiger partial charge in [0.1, 0.15) is 6.61 Å². The quantitative estimate of drug-likeness (QED) is 0.844. The van der Waals surface area contributed by atoms with Gasteiger partial charge in [-0.2, -0.15) is 8.42 Å². The number of pyridine rings is 1. The summed E-state index contributed by atoms with van der Waals surface area (Å²) in [6.07, 6.45) is 1.54. The Balaban J connectivity index is 2.00. The van der Waals surface area contributed by atoms with Crippen LogP contribution >= 0.6 is 0 Å². The molecule has 1 amide bonds. The Morgan fingerprint density at radius 2 is 2.10 bits per heavy atom. The minimum Gasteiger partial charge on any atom is -0.465 e. The van der Waals surface area contributed by atoms with Crippen molar-refractivity contribution >= 4 is 16.2 Å². The van der Waals surface area contributed by atoms with Gasteiger partial charge in [0.2, 0.25) is 0 Å². The van der Waals surface area contributed by atoms with Gasteiger partial charge in [-0.15, -0.1) is 0 Å². The minimum absolute atomic E-state index is 0.0827. The molecule has 0 spiro atoms. The van der Waals surface area contributed by atoms with E-state index >= 15 is 0 Å². The monoisotopic (exact) mass is 314 g/mol. The van der Waals surface area contributed by atoms with Crippen LogP contribution in [0.25, 0.3) is 0 Å². The molecule has 0 saturated carbocycles. The molecule has 1 fully saturated rings. The first-order chi connectivity index (χ1) is 9.85. The van der Waals surface area contributed by atoms with Gasteiger partial charge in [-0.1, -0.05) is 6.07 Å². The second kappa shape index (κ2) is 6.40. The summed E-state index contributed by atoms with van der Waals surface area (Å²) < 4.78 is 26.7. The molecule has 0 atom stereocenters. The van der Waals surface area contributed by atoms with Crippen LogP contribution in [0.1, 0.15) is 30.1 Å². The van der Waals surface area contributed by atoms with Crippen LogP contribution in [0.4, 0.5) is 4.79 Å². The molecule has 21 heavy (non-hydrogen) atoms. The fourth-order valence-corrected chi connectivity index (χ4v) is 2.67. The molecule has 0 aromatic carbocycles. The highest BCUT2D eigenvalue weighted by Crippen LogP contribution is 2.26. The maximum Gasteiger partial charge on any atom is 0.407 e. The number of hydrogen-bond acceptors (Lipinski definition) is 5. The van der Waals surface area contributed by atoms with Crippen molar-refractivity contribution in [3.63, 3.8) is 0 Å². The van der Waals surface area contributed by atoms with E-state index in [-0.39, 0.29) is 12.5 Å². The Kier molecular flexibility index (Phi) is 4.79. The Bertz CT molecular complexity index is 609. The number of piperidine rings is 1. The van der Waals surface area contributed by atoms with Crippen molar-refractivity contribution in [2.45, 2.75) is 25.4 Å². The van der Waals surface area contributed by atoms with E-state index in [2.05, 4.69) is 4.98 Å². The van der Waals surface area contributed by atoms with E-state index in [1.807, 2.05) is 12.1 Å². The van der Waals surface area contributed by atoms with E-state index in [0.29, 0.717) is 18.8 Å². The second-order valence-corrected chi connectivity index (χ2v) is 6.71. The molecule has 1 aliphatic rings. The Morgan fingerprint density at radius 3 is 2.67 bits per heavy atom. The number of aromatic nitrogens is 1. The summed E-state index contributed by atoms with van der Waals surface area (Å²) in [6.45, 7) is 0.901. The van der Waals surface area contributed by atoms with Crippen LogP contribution in [0.3, 0.4) is 0 Å². The van der Waals surface area contributed by atoms with Crippen molar-refractivity contribution in [2.24, 2.45) is 0 Å². The molecule has 0 unspecified atom stereocenters. The second-order valence-electron chi connectivity index (χ2n) is 5.06. The van der Waals surface area contributed by atoms with Crippen molar-refractivity contribution in [1.29, 1.82) is 0 Å². The summed E-state index contributed by atoms with van der Waals surface area (Å²) in [6, 6.07) is 5.40. The van der Waals surface area contributed by atoms with Crippen LogP contribution < -0.4 is 0 Å². The highest BCUT2D eigenvalue weighted by atomic mass is 32.2. The molecular weight excluding hydrogens is 296 g/mol. The van der Waals surface area contributed by atoms with Crippen LogP contribution in [0.2, 0.25) is 0 Å². The molecule has 7 nitrogen and oxygen atoms in total. The summed E-state index contributed by atoms with van der Waals surface area (Å²) in [5.74, 6) is 0.193. The average molecular weight is 314 g/mol. The first-order valence-electron chi connectivity index (χ1n) is 6.63. The number of hydrogen-bond donors (Lipinski definition) is 1. The van der Waals surface area contributed by atoms with Crippen LogP contribution in [0, 0.1) is 0 Å². The molecule has 116 valence electrons.